The van der Waals surface area contributed by atoms with Gasteiger partial charge in [0.2, 0.25) is 5.82 Å². The van der Waals surface area contributed by atoms with Crippen molar-refractivity contribution >= 4 is 17.5 Å². The molecule has 2 aromatic rings. The van der Waals surface area contributed by atoms with Gasteiger partial charge in [-0.3, -0.25) is 4.79 Å². The second-order valence-electron chi connectivity index (χ2n) is 5.48. The number of rotatable bonds is 1. The molecule has 0 fully saturated rings. The van der Waals surface area contributed by atoms with Crippen molar-refractivity contribution in [2.24, 2.45) is 0 Å². The van der Waals surface area contributed by atoms with Gasteiger partial charge in [-0.05, 0) is 12.1 Å². The van der Waals surface area contributed by atoms with E-state index in [1.165, 1.54) is 0 Å². The zero-order valence-electron chi connectivity index (χ0n) is 12.7. The van der Waals surface area contributed by atoms with Crippen molar-refractivity contribution in [2.45, 2.75) is 25.4 Å². The fourth-order valence-corrected chi connectivity index (χ4v) is 2.94. The first kappa shape index (κ1) is 18.5. The second-order valence-corrected chi connectivity index (χ2v) is 5.86. The summed E-state index contributed by atoms with van der Waals surface area (Å²) in [5, 5.41) is 5.73. The molecule has 0 saturated heterocycles. The number of carbonyl (C=O) groups excluding carboxylic acids is 1. The van der Waals surface area contributed by atoms with Crippen LogP contribution in [0.1, 0.15) is 27.6 Å². The number of carbonyl (C=O) groups is 1. The Hall–Kier alpha value is -2.30. The summed E-state index contributed by atoms with van der Waals surface area (Å²) in [6, 6.07) is 2.90. The van der Waals surface area contributed by atoms with Crippen molar-refractivity contribution in [2.75, 3.05) is 6.54 Å². The largest absolute Gasteiger partial charge is 0.451 e. The molecule has 2 heterocycles. The van der Waals surface area contributed by atoms with E-state index in [9.17, 15) is 31.1 Å². The summed E-state index contributed by atoms with van der Waals surface area (Å²) < 4.78 is 78.0. The molecule has 0 N–H and O–H groups in total. The van der Waals surface area contributed by atoms with Crippen molar-refractivity contribution in [1.82, 2.24) is 19.7 Å². The summed E-state index contributed by atoms with van der Waals surface area (Å²) >= 11 is 5.72. The van der Waals surface area contributed by atoms with Crippen LogP contribution in [0.4, 0.5) is 26.3 Å². The smallest absolute Gasteiger partial charge is 0.329 e. The number of halogens is 7. The third-order valence-electron chi connectivity index (χ3n) is 3.83. The Morgan fingerprint density at radius 3 is 2.35 bits per heavy atom. The Labute approximate surface area is 147 Å². The number of nitrogens with zero attached hydrogens (tertiary/aromatic N) is 4. The normalized spacial score (nSPS) is 15.1. The number of aromatic nitrogens is 3. The number of benzene rings is 1. The summed E-state index contributed by atoms with van der Waals surface area (Å²) in [5.41, 5.74) is -1.55. The first-order valence-corrected chi connectivity index (χ1v) is 7.52. The lowest BCUT2D eigenvalue weighted by molar-refractivity contribution is -0.147. The van der Waals surface area contributed by atoms with Crippen LogP contribution in [0.15, 0.2) is 18.2 Å². The molecule has 0 aliphatic carbocycles. The molecule has 140 valence electrons. The number of alkyl halides is 6. The van der Waals surface area contributed by atoms with Gasteiger partial charge in [0.1, 0.15) is 0 Å². The van der Waals surface area contributed by atoms with E-state index in [2.05, 4.69) is 10.2 Å². The van der Waals surface area contributed by atoms with Crippen LogP contribution in [-0.2, 0) is 25.4 Å². The van der Waals surface area contributed by atoms with Crippen LogP contribution in [0.2, 0.25) is 5.02 Å². The molecule has 1 aliphatic rings. The summed E-state index contributed by atoms with van der Waals surface area (Å²) in [4.78, 5) is 13.6. The van der Waals surface area contributed by atoms with Gasteiger partial charge in [0.05, 0.1) is 22.7 Å². The SMILES string of the molecule is O=C(c1cccc(C(F)(F)F)c1Cl)N1CCn2c(nnc2C(F)(F)F)C1. The minimum atomic E-state index is -4.74. The van der Waals surface area contributed by atoms with Gasteiger partial charge in [0.15, 0.2) is 5.82 Å². The maximum atomic E-state index is 12.9. The molecule has 0 atom stereocenters. The predicted octanol–water partition coefficient (Wildman–Crippen LogP) is 3.63. The lowest BCUT2D eigenvalue weighted by Gasteiger charge is -2.28. The zero-order valence-corrected chi connectivity index (χ0v) is 13.5. The maximum Gasteiger partial charge on any atom is 0.451 e. The van der Waals surface area contributed by atoms with Gasteiger partial charge in [-0.25, -0.2) is 0 Å². The first-order valence-electron chi connectivity index (χ1n) is 7.14. The standard InChI is InChI=1S/C14H9ClF6N4O/c15-10-7(2-1-3-8(10)13(16,17)18)11(26)24-4-5-25-9(6-24)22-23-12(25)14(19,20)21/h1-3H,4-6H2. The number of amides is 1. The Balaban J connectivity index is 1.89. The maximum absolute atomic E-state index is 12.9. The van der Waals surface area contributed by atoms with E-state index in [0.717, 1.165) is 27.7 Å². The number of hydrogen-bond donors (Lipinski definition) is 0. The molecule has 3 rings (SSSR count). The number of fused-ring (bicyclic) bond motifs is 1. The first-order chi connectivity index (χ1) is 12.0. The van der Waals surface area contributed by atoms with Crippen LogP contribution in [0, 0.1) is 0 Å². The van der Waals surface area contributed by atoms with E-state index >= 15 is 0 Å². The topological polar surface area (TPSA) is 51.0 Å². The summed E-state index contributed by atoms with van der Waals surface area (Å²) in [5.74, 6) is -2.12. The number of hydrogen-bond acceptors (Lipinski definition) is 3. The summed E-state index contributed by atoms with van der Waals surface area (Å²) in [6.45, 7) is -0.715. The zero-order chi connectivity index (χ0) is 19.3. The van der Waals surface area contributed by atoms with E-state index in [1.807, 2.05) is 0 Å². The highest BCUT2D eigenvalue weighted by Gasteiger charge is 2.40. The van der Waals surface area contributed by atoms with E-state index in [4.69, 9.17) is 11.6 Å². The van der Waals surface area contributed by atoms with Crippen molar-refractivity contribution in [3.05, 3.63) is 46.0 Å². The summed E-state index contributed by atoms with van der Waals surface area (Å²) in [7, 11) is 0. The van der Waals surface area contributed by atoms with Crippen molar-refractivity contribution in [3.8, 4) is 0 Å². The fourth-order valence-electron chi connectivity index (χ4n) is 2.63. The van der Waals surface area contributed by atoms with Crippen LogP contribution in [0.5, 0.6) is 0 Å². The van der Waals surface area contributed by atoms with E-state index < -0.39 is 34.7 Å². The molecule has 1 aromatic heterocycles. The Kier molecular flexibility index (Phi) is 4.37. The van der Waals surface area contributed by atoms with Gasteiger partial charge in [0.25, 0.3) is 5.91 Å². The molecule has 1 aliphatic heterocycles. The highest BCUT2D eigenvalue weighted by atomic mass is 35.5. The van der Waals surface area contributed by atoms with Crippen LogP contribution >= 0.6 is 11.6 Å². The fraction of sp³-hybridized carbons (Fsp3) is 0.357. The van der Waals surface area contributed by atoms with Crippen LogP contribution in [0.3, 0.4) is 0 Å². The third-order valence-corrected chi connectivity index (χ3v) is 4.24. The molecule has 0 bridgehead atoms. The Morgan fingerprint density at radius 1 is 1.04 bits per heavy atom. The van der Waals surface area contributed by atoms with E-state index in [0.29, 0.717) is 0 Å². The van der Waals surface area contributed by atoms with Crippen LogP contribution in [0.25, 0.3) is 0 Å². The average molecular weight is 399 g/mol. The minimum Gasteiger partial charge on any atom is -0.329 e. The van der Waals surface area contributed by atoms with Gasteiger partial charge in [-0.1, -0.05) is 17.7 Å². The van der Waals surface area contributed by atoms with Crippen LogP contribution < -0.4 is 0 Å². The highest BCUT2D eigenvalue weighted by Crippen LogP contribution is 2.37. The molecule has 12 heteroatoms. The van der Waals surface area contributed by atoms with Gasteiger partial charge < -0.3 is 9.47 Å². The lowest BCUT2D eigenvalue weighted by atomic mass is 10.1. The molecular formula is C14H9ClF6N4O. The highest BCUT2D eigenvalue weighted by molar-refractivity contribution is 6.34. The Bertz CT molecular complexity index is 860. The molecule has 0 spiro atoms. The molecule has 0 radical (unpaired) electrons. The van der Waals surface area contributed by atoms with Crippen molar-refractivity contribution in [1.29, 1.82) is 0 Å². The molecule has 26 heavy (non-hydrogen) atoms. The molecule has 1 amide bonds. The lowest BCUT2D eigenvalue weighted by Crippen LogP contribution is -2.39. The third kappa shape index (κ3) is 3.22. The van der Waals surface area contributed by atoms with E-state index in [1.54, 1.807) is 0 Å². The quantitative estimate of drug-likeness (QED) is 0.689. The van der Waals surface area contributed by atoms with Gasteiger partial charge >= 0.3 is 12.4 Å². The van der Waals surface area contributed by atoms with Gasteiger partial charge in [-0.15, -0.1) is 10.2 Å². The van der Waals surface area contributed by atoms with E-state index in [-0.39, 0.29) is 31.0 Å². The van der Waals surface area contributed by atoms with Crippen molar-refractivity contribution in [3.63, 3.8) is 0 Å². The van der Waals surface area contributed by atoms with Crippen LogP contribution in [-0.4, -0.2) is 32.1 Å². The molecular weight excluding hydrogens is 390 g/mol. The molecule has 5 nitrogen and oxygen atoms in total. The summed E-state index contributed by atoms with van der Waals surface area (Å²) in [6.07, 6.45) is -9.43. The molecule has 0 unspecified atom stereocenters. The monoisotopic (exact) mass is 398 g/mol. The average Bonchev–Trinajstić information content (AvgIpc) is 2.96. The van der Waals surface area contributed by atoms with Gasteiger partial charge in [0, 0.05) is 13.1 Å². The molecule has 1 aromatic carbocycles. The molecule has 0 saturated carbocycles. The second kappa shape index (κ2) is 6.15. The minimum absolute atomic E-state index is 0.111. The Morgan fingerprint density at radius 2 is 1.73 bits per heavy atom. The predicted molar refractivity (Wildman–Crippen MR) is 76.2 cm³/mol. The van der Waals surface area contributed by atoms with Gasteiger partial charge in [-0.2, -0.15) is 26.3 Å². The van der Waals surface area contributed by atoms with Crippen molar-refractivity contribution < 1.29 is 31.1 Å².